The lowest BCUT2D eigenvalue weighted by Crippen LogP contribution is -2.08. The molecule has 3 rings (SSSR count). The normalized spacial score (nSPS) is 11.0. The minimum atomic E-state index is -0.802. The SMILES string of the molecule is Cc1nc2c(-c3ccccc3)cnn2c(C)c1CCC(=O)O. The van der Waals surface area contributed by atoms with Crippen LogP contribution in [0.15, 0.2) is 36.5 Å². The van der Waals surface area contributed by atoms with E-state index in [9.17, 15) is 4.79 Å². The van der Waals surface area contributed by atoms with Gasteiger partial charge in [-0.2, -0.15) is 5.10 Å². The van der Waals surface area contributed by atoms with Crippen molar-refractivity contribution in [2.45, 2.75) is 26.7 Å². The zero-order valence-electron chi connectivity index (χ0n) is 12.6. The molecule has 0 aliphatic carbocycles. The minimum absolute atomic E-state index is 0.0989. The molecule has 0 bridgehead atoms. The second-order valence-corrected chi connectivity index (χ2v) is 5.31. The average molecular weight is 295 g/mol. The molecule has 2 aromatic heterocycles. The number of carboxylic acid groups (broad SMARTS) is 1. The fraction of sp³-hybridized carbons (Fsp3) is 0.235. The number of aromatic nitrogens is 3. The molecule has 112 valence electrons. The second kappa shape index (κ2) is 5.60. The summed E-state index contributed by atoms with van der Waals surface area (Å²) in [6, 6.07) is 10.0. The van der Waals surface area contributed by atoms with Gasteiger partial charge in [0.2, 0.25) is 0 Å². The van der Waals surface area contributed by atoms with E-state index in [1.54, 1.807) is 4.52 Å². The highest BCUT2D eigenvalue weighted by Crippen LogP contribution is 2.26. The summed E-state index contributed by atoms with van der Waals surface area (Å²) in [5, 5.41) is 13.3. The summed E-state index contributed by atoms with van der Waals surface area (Å²) in [7, 11) is 0. The smallest absolute Gasteiger partial charge is 0.303 e. The van der Waals surface area contributed by atoms with Crippen LogP contribution in [-0.2, 0) is 11.2 Å². The van der Waals surface area contributed by atoms with Crippen LogP contribution in [0.3, 0.4) is 0 Å². The molecule has 0 unspecified atom stereocenters. The molecule has 22 heavy (non-hydrogen) atoms. The molecule has 0 saturated heterocycles. The van der Waals surface area contributed by atoms with E-state index in [1.165, 1.54) is 0 Å². The van der Waals surface area contributed by atoms with E-state index >= 15 is 0 Å². The van der Waals surface area contributed by atoms with Gasteiger partial charge in [-0.05, 0) is 31.4 Å². The summed E-state index contributed by atoms with van der Waals surface area (Å²) in [6.45, 7) is 3.88. The van der Waals surface area contributed by atoms with Gasteiger partial charge in [-0.25, -0.2) is 9.50 Å². The number of fused-ring (bicyclic) bond motifs is 1. The van der Waals surface area contributed by atoms with E-state index in [-0.39, 0.29) is 6.42 Å². The third-order valence-electron chi connectivity index (χ3n) is 3.88. The molecule has 0 fully saturated rings. The van der Waals surface area contributed by atoms with Gasteiger partial charge in [-0.1, -0.05) is 30.3 Å². The summed E-state index contributed by atoms with van der Waals surface area (Å²) in [4.78, 5) is 15.5. The Morgan fingerprint density at radius 2 is 1.95 bits per heavy atom. The van der Waals surface area contributed by atoms with E-state index in [1.807, 2.05) is 50.4 Å². The maximum Gasteiger partial charge on any atom is 0.303 e. The topological polar surface area (TPSA) is 67.5 Å². The van der Waals surface area contributed by atoms with Crippen molar-refractivity contribution in [1.29, 1.82) is 0 Å². The molecule has 1 aromatic carbocycles. The van der Waals surface area contributed by atoms with E-state index < -0.39 is 5.97 Å². The molecule has 1 N–H and O–H groups in total. The van der Waals surface area contributed by atoms with Gasteiger partial charge in [0.1, 0.15) is 0 Å². The van der Waals surface area contributed by atoms with Crippen LogP contribution in [0.1, 0.15) is 23.4 Å². The Hall–Kier alpha value is -2.69. The summed E-state index contributed by atoms with van der Waals surface area (Å²) in [5.74, 6) is -0.802. The van der Waals surface area contributed by atoms with Gasteiger partial charge in [0.15, 0.2) is 5.65 Å². The summed E-state index contributed by atoms with van der Waals surface area (Å²) in [6.07, 6.45) is 2.38. The Labute approximate surface area is 128 Å². The highest BCUT2D eigenvalue weighted by molar-refractivity contribution is 5.77. The predicted octanol–water partition coefficient (Wildman–Crippen LogP) is 3.03. The molecule has 3 aromatic rings. The van der Waals surface area contributed by atoms with Crippen molar-refractivity contribution < 1.29 is 9.90 Å². The fourth-order valence-electron chi connectivity index (χ4n) is 2.73. The third-order valence-corrected chi connectivity index (χ3v) is 3.88. The van der Waals surface area contributed by atoms with Crippen LogP contribution in [0.5, 0.6) is 0 Å². The van der Waals surface area contributed by atoms with Crippen molar-refractivity contribution in [3.63, 3.8) is 0 Å². The maximum atomic E-state index is 10.8. The van der Waals surface area contributed by atoms with Gasteiger partial charge >= 0.3 is 5.97 Å². The molecule has 5 heteroatoms. The van der Waals surface area contributed by atoms with Crippen molar-refractivity contribution in [3.8, 4) is 11.1 Å². The van der Waals surface area contributed by atoms with Crippen molar-refractivity contribution in [3.05, 3.63) is 53.5 Å². The molecule has 0 aliphatic rings. The van der Waals surface area contributed by atoms with Crippen LogP contribution < -0.4 is 0 Å². The third kappa shape index (κ3) is 2.45. The van der Waals surface area contributed by atoms with Crippen LogP contribution in [0, 0.1) is 13.8 Å². The van der Waals surface area contributed by atoms with Gasteiger partial charge < -0.3 is 5.11 Å². The first-order chi connectivity index (χ1) is 10.6. The van der Waals surface area contributed by atoms with E-state index in [0.717, 1.165) is 33.7 Å². The van der Waals surface area contributed by atoms with Crippen molar-refractivity contribution >= 4 is 11.6 Å². The van der Waals surface area contributed by atoms with Crippen LogP contribution in [0.4, 0.5) is 0 Å². The van der Waals surface area contributed by atoms with Crippen LogP contribution in [-0.4, -0.2) is 25.7 Å². The number of rotatable bonds is 4. The summed E-state index contributed by atoms with van der Waals surface area (Å²) in [5.41, 5.74) is 5.63. The molecule has 0 aliphatic heterocycles. The molecule has 0 amide bonds. The molecular weight excluding hydrogens is 278 g/mol. The number of nitrogens with zero attached hydrogens (tertiary/aromatic N) is 3. The van der Waals surface area contributed by atoms with E-state index in [4.69, 9.17) is 5.11 Å². The number of benzene rings is 1. The Balaban J connectivity index is 2.12. The summed E-state index contributed by atoms with van der Waals surface area (Å²) < 4.78 is 1.80. The van der Waals surface area contributed by atoms with Gasteiger partial charge in [0, 0.05) is 23.4 Å². The number of carboxylic acids is 1. The van der Waals surface area contributed by atoms with Crippen molar-refractivity contribution in [2.75, 3.05) is 0 Å². The first kappa shape index (κ1) is 14.3. The van der Waals surface area contributed by atoms with Crippen molar-refractivity contribution in [2.24, 2.45) is 0 Å². The first-order valence-corrected chi connectivity index (χ1v) is 7.19. The Morgan fingerprint density at radius 1 is 1.23 bits per heavy atom. The molecule has 0 saturated carbocycles. The molecule has 0 atom stereocenters. The van der Waals surface area contributed by atoms with Crippen LogP contribution in [0.2, 0.25) is 0 Å². The fourth-order valence-corrected chi connectivity index (χ4v) is 2.73. The molecule has 0 spiro atoms. The van der Waals surface area contributed by atoms with Crippen molar-refractivity contribution in [1.82, 2.24) is 14.6 Å². The van der Waals surface area contributed by atoms with Gasteiger partial charge in [0.05, 0.1) is 6.20 Å². The monoisotopic (exact) mass is 295 g/mol. The maximum absolute atomic E-state index is 10.8. The molecule has 2 heterocycles. The van der Waals surface area contributed by atoms with E-state index in [0.29, 0.717) is 6.42 Å². The standard InChI is InChI=1S/C17H17N3O2/c1-11-14(8-9-16(21)22)12(2)20-17(19-11)15(10-18-20)13-6-4-3-5-7-13/h3-7,10H,8-9H2,1-2H3,(H,21,22). The second-order valence-electron chi connectivity index (χ2n) is 5.31. The Morgan fingerprint density at radius 3 is 2.64 bits per heavy atom. The van der Waals surface area contributed by atoms with Gasteiger partial charge in [-0.15, -0.1) is 0 Å². The van der Waals surface area contributed by atoms with Gasteiger partial charge in [-0.3, -0.25) is 4.79 Å². The summed E-state index contributed by atoms with van der Waals surface area (Å²) >= 11 is 0. The Kier molecular flexibility index (Phi) is 3.63. The largest absolute Gasteiger partial charge is 0.481 e. The molecular formula is C17H17N3O2. The quantitative estimate of drug-likeness (QED) is 0.803. The zero-order valence-corrected chi connectivity index (χ0v) is 12.6. The lowest BCUT2D eigenvalue weighted by atomic mass is 10.1. The number of carbonyl (C=O) groups is 1. The Bertz CT molecular complexity index is 838. The lowest BCUT2D eigenvalue weighted by Gasteiger charge is -2.10. The highest BCUT2D eigenvalue weighted by atomic mass is 16.4. The van der Waals surface area contributed by atoms with E-state index in [2.05, 4.69) is 10.1 Å². The first-order valence-electron chi connectivity index (χ1n) is 7.19. The highest BCUT2D eigenvalue weighted by Gasteiger charge is 2.15. The van der Waals surface area contributed by atoms with Crippen LogP contribution in [0.25, 0.3) is 16.8 Å². The zero-order chi connectivity index (χ0) is 15.7. The predicted molar refractivity (Wildman–Crippen MR) is 83.9 cm³/mol. The van der Waals surface area contributed by atoms with Gasteiger partial charge in [0.25, 0.3) is 0 Å². The number of hydrogen-bond donors (Lipinski definition) is 1. The molecule has 0 radical (unpaired) electrons. The number of aryl methyl sites for hydroxylation is 2. The average Bonchev–Trinajstić information content (AvgIpc) is 2.91. The lowest BCUT2D eigenvalue weighted by molar-refractivity contribution is -0.136. The number of hydrogen-bond acceptors (Lipinski definition) is 3. The van der Waals surface area contributed by atoms with Crippen LogP contribution >= 0.6 is 0 Å². The number of aliphatic carboxylic acids is 1. The minimum Gasteiger partial charge on any atom is -0.481 e. The molecule has 5 nitrogen and oxygen atoms in total.